The van der Waals surface area contributed by atoms with Crippen LogP contribution in [0.2, 0.25) is 0 Å². The summed E-state index contributed by atoms with van der Waals surface area (Å²) >= 11 is 0. The zero-order valence-electron chi connectivity index (χ0n) is 24.7. The number of nitrogens with zero attached hydrogens (tertiary/aromatic N) is 3. The Morgan fingerprint density at radius 1 is 0.435 bits per heavy atom. The minimum absolute atomic E-state index is 0.620. The number of hydrogen-bond donors (Lipinski definition) is 0. The zero-order valence-corrected chi connectivity index (χ0v) is 24.7. The fraction of sp³-hybridized carbons (Fsp3) is 0. The van der Waals surface area contributed by atoms with E-state index < -0.39 is 0 Å². The molecule has 3 heterocycles. The first kappa shape index (κ1) is 25.1. The molecule has 0 atom stereocenters. The van der Waals surface area contributed by atoms with E-state index in [-0.39, 0.29) is 0 Å². The molecule has 4 nitrogen and oxygen atoms in total. The van der Waals surface area contributed by atoms with Crippen LogP contribution in [-0.2, 0) is 0 Å². The van der Waals surface area contributed by atoms with Crippen LogP contribution in [-0.4, -0.2) is 14.5 Å². The van der Waals surface area contributed by atoms with Crippen LogP contribution in [0.25, 0.3) is 93.8 Å². The molecule has 0 fully saturated rings. The molecule has 10 aromatic rings. The lowest BCUT2D eigenvalue weighted by molar-refractivity contribution is 0.673. The summed E-state index contributed by atoms with van der Waals surface area (Å²) in [4.78, 5) is 10.7. The first-order chi connectivity index (χ1) is 22.8. The van der Waals surface area contributed by atoms with Gasteiger partial charge < -0.3 is 4.42 Å². The van der Waals surface area contributed by atoms with E-state index in [2.05, 4.69) is 144 Å². The number of rotatable bonds is 3. The third-order valence-corrected chi connectivity index (χ3v) is 9.23. The van der Waals surface area contributed by atoms with Crippen molar-refractivity contribution in [2.75, 3.05) is 0 Å². The number of aromatic nitrogens is 3. The van der Waals surface area contributed by atoms with E-state index in [0.717, 1.165) is 77.0 Å². The van der Waals surface area contributed by atoms with Gasteiger partial charge in [-0.05, 0) is 51.9 Å². The minimum Gasteiger partial charge on any atom is -0.455 e. The van der Waals surface area contributed by atoms with E-state index in [1.54, 1.807) is 0 Å². The van der Waals surface area contributed by atoms with Gasteiger partial charge in [0.05, 0.1) is 27.8 Å². The van der Waals surface area contributed by atoms with Crippen molar-refractivity contribution in [3.05, 3.63) is 152 Å². The molecular formula is C42H25N3O. The Balaban J connectivity index is 1.33. The van der Waals surface area contributed by atoms with Gasteiger partial charge in [-0.15, -0.1) is 0 Å². The van der Waals surface area contributed by atoms with Gasteiger partial charge in [-0.3, -0.25) is 4.57 Å². The summed E-state index contributed by atoms with van der Waals surface area (Å²) in [5, 5.41) is 9.06. The van der Waals surface area contributed by atoms with Crippen LogP contribution >= 0.6 is 0 Å². The fourth-order valence-corrected chi connectivity index (χ4v) is 7.16. The first-order valence-corrected chi connectivity index (χ1v) is 15.5. The first-order valence-electron chi connectivity index (χ1n) is 15.5. The normalized spacial score (nSPS) is 11.9. The van der Waals surface area contributed by atoms with Gasteiger partial charge in [0.2, 0.25) is 5.95 Å². The highest BCUT2D eigenvalue weighted by atomic mass is 16.3. The quantitative estimate of drug-likeness (QED) is 0.207. The molecule has 0 aliphatic carbocycles. The Morgan fingerprint density at radius 3 is 1.70 bits per heavy atom. The smallest absolute Gasteiger partial charge is 0.235 e. The fourth-order valence-electron chi connectivity index (χ4n) is 7.16. The molecule has 0 saturated heterocycles. The molecule has 0 N–H and O–H groups in total. The van der Waals surface area contributed by atoms with E-state index in [1.165, 1.54) is 10.8 Å². The van der Waals surface area contributed by atoms with Gasteiger partial charge in [-0.1, -0.05) is 121 Å². The Bertz CT molecular complexity index is 2710. The Hall–Kier alpha value is -6.26. The van der Waals surface area contributed by atoms with E-state index in [4.69, 9.17) is 14.4 Å². The number of furan rings is 1. The van der Waals surface area contributed by atoms with Crippen LogP contribution in [0, 0.1) is 0 Å². The predicted octanol–water partition coefficient (Wildman–Crippen LogP) is 11.1. The molecule has 0 bridgehead atoms. The van der Waals surface area contributed by atoms with E-state index in [0.29, 0.717) is 5.95 Å². The molecule has 10 rings (SSSR count). The molecule has 46 heavy (non-hydrogen) atoms. The molecule has 0 saturated carbocycles. The highest BCUT2D eigenvalue weighted by Gasteiger charge is 2.21. The largest absolute Gasteiger partial charge is 0.455 e. The third kappa shape index (κ3) is 3.61. The Morgan fingerprint density at radius 2 is 1.00 bits per heavy atom. The predicted molar refractivity (Wildman–Crippen MR) is 190 cm³/mol. The standard InChI is InChI=1S/C42H25N3O/c1-3-15-28-26(11-1)13-9-19-30(28)35-25-36(31-20-10-14-27-12-2-4-16-29(27)31)44-42(43-35)45-37-21-7-5-18-34(37)40-38(45)24-23-33-32-17-6-8-22-39(32)46-41(33)40/h1-25H. The van der Waals surface area contributed by atoms with Crippen molar-refractivity contribution < 1.29 is 4.42 Å². The van der Waals surface area contributed by atoms with Crippen LogP contribution in [0.3, 0.4) is 0 Å². The molecule has 0 unspecified atom stereocenters. The van der Waals surface area contributed by atoms with E-state index in [1.807, 2.05) is 12.1 Å². The van der Waals surface area contributed by atoms with Crippen LogP contribution in [0.15, 0.2) is 156 Å². The topological polar surface area (TPSA) is 43.9 Å². The summed E-state index contributed by atoms with van der Waals surface area (Å²) in [6, 6.07) is 53.0. The lowest BCUT2D eigenvalue weighted by Crippen LogP contribution is -2.04. The second-order valence-electron chi connectivity index (χ2n) is 11.8. The van der Waals surface area contributed by atoms with Gasteiger partial charge in [0.1, 0.15) is 11.2 Å². The van der Waals surface area contributed by atoms with Crippen LogP contribution in [0.1, 0.15) is 0 Å². The zero-order chi connectivity index (χ0) is 30.2. The summed E-state index contributed by atoms with van der Waals surface area (Å²) in [6.45, 7) is 0. The van der Waals surface area contributed by atoms with Gasteiger partial charge in [0.25, 0.3) is 0 Å². The second kappa shape index (κ2) is 9.62. The summed E-state index contributed by atoms with van der Waals surface area (Å²) in [6.07, 6.45) is 0. The van der Waals surface area contributed by atoms with Crippen LogP contribution in [0.5, 0.6) is 0 Å². The molecule has 4 heteroatoms. The van der Waals surface area contributed by atoms with Crippen LogP contribution in [0.4, 0.5) is 0 Å². The SMILES string of the molecule is c1ccc2c(-c3cc(-c4cccc5ccccc45)nc(-n4c5ccccc5c5c6oc7ccccc7c6ccc54)n3)cccc2c1. The highest BCUT2D eigenvalue weighted by molar-refractivity contribution is 6.23. The van der Waals surface area contributed by atoms with Crippen molar-refractivity contribution in [3.63, 3.8) is 0 Å². The van der Waals surface area contributed by atoms with Gasteiger partial charge >= 0.3 is 0 Å². The van der Waals surface area contributed by atoms with E-state index >= 15 is 0 Å². The number of benzene rings is 7. The summed E-state index contributed by atoms with van der Waals surface area (Å²) in [7, 11) is 0. The molecule has 214 valence electrons. The minimum atomic E-state index is 0.620. The summed E-state index contributed by atoms with van der Waals surface area (Å²) < 4.78 is 8.75. The molecule has 3 aromatic heterocycles. The number of fused-ring (bicyclic) bond motifs is 9. The Kier molecular flexibility index (Phi) is 5.25. The molecule has 0 amide bonds. The van der Waals surface area contributed by atoms with Crippen molar-refractivity contribution in [2.45, 2.75) is 0 Å². The average molecular weight is 588 g/mol. The van der Waals surface area contributed by atoms with Gasteiger partial charge in [0, 0.05) is 27.3 Å². The van der Waals surface area contributed by atoms with Crippen molar-refractivity contribution in [1.29, 1.82) is 0 Å². The number of hydrogen-bond acceptors (Lipinski definition) is 3. The van der Waals surface area contributed by atoms with Gasteiger partial charge in [0.15, 0.2) is 0 Å². The van der Waals surface area contributed by atoms with Crippen molar-refractivity contribution >= 4 is 65.3 Å². The maximum atomic E-state index is 6.55. The second-order valence-corrected chi connectivity index (χ2v) is 11.8. The summed E-state index contributed by atoms with van der Waals surface area (Å²) in [5.41, 5.74) is 7.70. The highest BCUT2D eigenvalue weighted by Crippen LogP contribution is 2.41. The lowest BCUT2D eigenvalue weighted by Gasteiger charge is -2.14. The maximum absolute atomic E-state index is 6.55. The van der Waals surface area contributed by atoms with Gasteiger partial charge in [-0.2, -0.15) is 0 Å². The number of para-hydroxylation sites is 2. The lowest BCUT2D eigenvalue weighted by atomic mass is 9.99. The van der Waals surface area contributed by atoms with Gasteiger partial charge in [-0.25, -0.2) is 9.97 Å². The van der Waals surface area contributed by atoms with Crippen molar-refractivity contribution in [1.82, 2.24) is 14.5 Å². The molecule has 7 aromatic carbocycles. The van der Waals surface area contributed by atoms with Crippen LogP contribution < -0.4 is 0 Å². The van der Waals surface area contributed by atoms with Crippen molar-refractivity contribution in [2.24, 2.45) is 0 Å². The monoisotopic (exact) mass is 587 g/mol. The molecule has 0 spiro atoms. The average Bonchev–Trinajstić information content (AvgIpc) is 3.67. The third-order valence-electron chi connectivity index (χ3n) is 9.23. The molecular weight excluding hydrogens is 562 g/mol. The molecule has 0 aliphatic heterocycles. The molecule has 0 radical (unpaired) electrons. The van der Waals surface area contributed by atoms with Crippen molar-refractivity contribution in [3.8, 4) is 28.5 Å². The maximum Gasteiger partial charge on any atom is 0.235 e. The van der Waals surface area contributed by atoms with E-state index in [9.17, 15) is 0 Å². The Labute approximate surface area is 263 Å². The molecule has 0 aliphatic rings. The summed E-state index contributed by atoms with van der Waals surface area (Å²) in [5.74, 6) is 0.620.